The summed E-state index contributed by atoms with van der Waals surface area (Å²) in [5.41, 5.74) is 1.43. The monoisotopic (exact) mass is 486 g/mol. The van der Waals surface area contributed by atoms with Gasteiger partial charge in [0.15, 0.2) is 22.6 Å². The lowest BCUT2D eigenvalue weighted by Crippen LogP contribution is -2.30. The summed E-state index contributed by atoms with van der Waals surface area (Å²) in [6, 6.07) is 1.68. The molecule has 3 aromatic rings. The van der Waals surface area contributed by atoms with Crippen molar-refractivity contribution in [1.82, 2.24) is 15.0 Å². The van der Waals surface area contributed by atoms with Crippen LogP contribution in [0, 0.1) is 0 Å². The Morgan fingerprint density at radius 3 is 2.67 bits per heavy atom. The van der Waals surface area contributed by atoms with Crippen molar-refractivity contribution in [2.45, 2.75) is 45.6 Å². The molecule has 1 atom stereocenters. The number of anilines is 1. The summed E-state index contributed by atoms with van der Waals surface area (Å²) in [4.78, 5) is 51.3. The third-order valence-electron chi connectivity index (χ3n) is 5.01. The van der Waals surface area contributed by atoms with Gasteiger partial charge in [-0.2, -0.15) is 0 Å². The Balaban J connectivity index is 1.45. The number of nitrogens with zero attached hydrogens (tertiary/aromatic N) is 3. The Morgan fingerprint density at radius 2 is 1.91 bits per heavy atom. The Morgan fingerprint density at radius 1 is 1.15 bits per heavy atom. The highest BCUT2D eigenvalue weighted by Crippen LogP contribution is 2.38. The number of carbonyl (C=O) groups excluding carboxylic acids is 3. The standard InChI is InChI=1S/C22H22N4O5S2/c1-3-30-22(29)16-13-7-4-5-8-15(13)33-19(16)26-18(27)12(2)31-21(28)14-11-32-20(25-14)17-23-9-6-10-24-17/h6,9-12H,3-5,7-8H2,1-2H3,(H,26,27). The van der Waals surface area contributed by atoms with Crippen LogP contribution in [0.25, 0.3) is 10.8 Å². The molecule has 1 N–H and O–H groups in total. The second-order valence-corrected chi connectivity index (χ2v) is 9.25. The normalized spacial score (nSPS) is 13.6. The van der Waals surface area contributed by atoms with E-state index in [1.807, 2.05) is 0 Å². The molecule has 0 saturated heterocycles. The fourth-order valence-electron chi connectivity index (χ4n) is 3.44. The van der Waals surface area contributed by atoms with Crippen molar-refractivity contribution in [3.63, 3.8) is 0 Å². The summed E-state index contributed by atoms with van der Waals surface area (Å²) in [7, 11) is 0. The molecule has 172 valence electrons. The van der Waals surface area contributed by atoms with Crippen LogP contribution >= 0.6 is 22.7 Å². The molecule has 3 aromatic heterocycles. The van der Waals surface area contributed by atoms with Gasteiger partial charge in [-0.25, -0.2) is 24.5 Å². The fraction of sp³-hybridized carbons (Fsp3) is 0.364. The first-order valence-corrected chi connectivity index (χ1v) is 12.2. The van der Waals surface area contributed by atoms with Gasteiger partial charge in [0, 0.05) is 22.7 Å². The maximum Gasteiger partial charge on any atom is 0.358 e. The summed E-state index contributed by atoms with van der Waals surface area (Å²) in [6.07, 6.45) is 5.75. The average Bonchev–Trinajstić information content (AvgIpc) is 3.45. The zero-order valence-electron chi connectivity index (χ0n) is 18.1. The van der Waals surface area contributed by atoms with Crippen LogP contribution in [-0.4, -0.2) is 45.5 Å². The third kappa shape index (κ3) is 5.09. The second kappa shape index (κ2) is 10.2. The minimum Gasteiger partial charge on any atom is -0.462 e. The van der Waals surface area contributed by atoms with Crippen molar-refractivity contribution >= 4 is 45.5 Å². The maximum absolute atomic E-state index is 12.8. The molecule has 1 amide bonds. The number of thiazole rings is 1. The van der Waals surface area contributed by atoms with Crippen molar-refractivity contribution < 1.29 is 23.9 Å². The first-order valence-electron chi connectivity index (χ1n) is 10.5. The summed E-state index contributed by atoms with van der Waals surface area (Å²) >= 11 is 2.59. The molecule has 1 unspecified atom stereocenters. The summed E-state index contributed by atoms with van der Waals surface area (Å²) in [5.74, 6) is -1.31. The van der Waals surface area contributed by atoms with Crippen LogP contribution in [0.2, 0.25) is 0 Å². The van der Waals surface area contributed by atoms with Gasteiger partial charge >= 0.3 is 11.9 Å². The zero-order chi connectivity index (χ0) is 23.4. The SMILES string of the molecule is CCOC(=O)c1c(NC(=O)C(C)OC(=O)c2csc(-c3ncccn3)n2)sc2c1CCCC2. The second-order valence-electron chi connectivity index (χ2n) is 7.28. The van der Waals surface area contributed by atoms with Crippen molar-refractivity contribution in [1.29, 1.82) is 0 Å². The van der Waals surface area contributed by atoms with Crippen LogP contribution in [0.3, 0.4) is 0 Å². The van der Waals surface area contributed by atoms with E-state index in [4.69, 9.17) is 9.47 Å². The van der Waals surface area contributed by atoms with E-state index < -0.39 is 23.9 Å². The first-order chi connectivity index (χ1) is 16.0. The van der Waals surface area contributed by atoms with Crippen LogP contribution < -0.4 is 5.32 Å². The Bertz CT molecular complexity index is 1170. The van der Waals surface area contributed by atoms with Gasteiger partial charge < -0.3 is 14.8 Å². The third-order valence-corrected chi connectivity index (χ3v) is 7.06. The predicted octanol–water partition coefficient (Wildman–Crippen LogP) is 3.90. The molecule has 1 aliphatic carbocycles. The molecule has 11 heteroatoms. The topological polar surface area (TPSA) is 120 Å². The van der Waals surface area contributed by atoms with E-state index >= 15 is 0 Å². The molecule has 33 heavy (non-hydrogen) atoms. The van der Waals surface area contributed by atoms with Gasteiger partial charge in [-0.05, 0) is 51.2 Å². The summed E-state index contributed by atoms with van der Waals surface area (Å²) < 4.78 is 10.5. The molecule has 0 saturated carbocycles. The number of fused-ring (bicyclic) bond motifs is 1. The molecule has 3 heterocycles. The molecule has 4 rings (SSSR count). The van der Waals surface area contributed by atoms with E-state index in [-0.39, 0.29) is 12.3 Å². The fourth-order valence-corrected chi connectivity index (χ4v) is 5.46. The lowest BCUT2D eigenvalue weighted by atomic mass is 9.95. The number of hydrogen-bond acceptors (Lipinski definition) is 10. The molecule has 0 aromatic carbocycles. The molecule has 0 fully saturated rings. The van der Waals surface area contributed by atoms with Crippen molar-refractivity contribution in [3.8, 4) is 10.8 Å². The predicted molar refractivity (Wildman–Crippen MR) is 124 cm³/mol. The Labute approximate surface area is 198 Å². The summed E-state index contributed by atoms with van der Waals surface area (Å²) in [6.45, 7) is 3.46. The first kappa shape index (κ1) is 23.0. The van der Waals surface area contributed by atoms with Gasteiger partial charge in [0.1, 0.15) is 5.00 Å². The Kier molecular flexibility index (Phi) is 7.09. The maximum atomic E-state index is 12.8. The largest absolute Gasteiger partial charge is 0.462 e. The molecule has 1 aliphatic rings. The number of hydrogen-bond donors (Lipinski definition) is 1. The summed E-state index contributed by atoms with van der Waals surface area (Å²) in [5, 5.41) is 5.20. The molecule has 0 radical (unpaired) electrons. The lowest BCUT2D eigenvalue weighted by molar-refractivity contribution is -0.123. The molecule has 0 bridgehead atoms. The van der Waals surface area contributed by atoms with Crippen molar-refractivity contribution in [2.24, 2.45) is 0 Å². The van der Waals surface area contributed by atoms with E-state index in [9.17, 15) is 14.4 Å². The van der Waals surface area contributed by atoms with E-state index in [2.05, 4.69) is 20.3 Å². The number of ether oxygens (including phenoxy) is 2. The highest BCUT2D eigenvalue weighted by atomic mass is 32.1. The van der Waals surface area contributed by atoms with E-state index in [1.165, 1.54) is 35.0 Å². The van der Waals surface area contributed by atoms with Gasteiger partial charge in [0.2, 0.25) is 0 Å². The highest BCUT2D eigenvalue weighted by molar-refractivity contribution is 7.17. The lowest BCUT2D eigenvalue weighted by Gasteiger charge is -2.14. The smallest absolute Gasteiger partial charge is 0.358 e. The van der Waals surface area contributed by atoms with E-state index in [0.717, 1.165) is 36.1 Å². The highest BCUT2D eigenvalue weighted by Gasteiger charge is 2.29. The molecule has 0 spiro atoms. The number of carbonyl (C=O) groups is 3. The number of esters is 2. The van der Waals surface area contributed by atoms with Crippen LogP contribution in [-0.2, 0) is 27.1 Å². The number of nitrogens with one attached hydrogen (secondary N) is 1. The van der Waals surface area contributed by atoms with Gasteiger partial charge in [0.25, 0.3) is 5.91 Å². The number of thiophene rings is 1. The number of rotatable bonds is 7. The van der Waals surface area contributed by atoms with Crippen LogP contribution in [0.4, 0.5) is 5.00 Å². The zero-order valence-corrected chi connectivity index (χ0v) is 19.8. The average molecular weight is 487 g/mol. The van der Waals surface area contributed by atoms with Crippen molar-refractivity contribution in [3.05, 3.63) is 45.5 Å². The molecule has 0 aliphatic heterocycles. The van der Waals surface area contributed by atoms with E-state index in [1.54, 1.807) is 25.4 Å². The number of amides is 1. The quantitative estimate of drug-likeness (QED) is 0.499. The van der Waals surface area contributed by atoms with Crippen LogP contribution in [0.15, 0.2) is 23.8 Å². The van der Waals surface area contributed by atoms with Gasteiger partial charge in [-0.3, -0.25) is 4.79 Å². The van der Waals surface area contributed by atoms with Gasteiger partial charge in [-0.15, -0.1) is 22.7 Å². The minimum absolute atomic E-state index is 0.0703. The van der Waals surface area contributed by atoms with Gasteiger partial charge in [0.05, 0.1) is 12.2 Å². The van der Waals surface area contributed by atoms with Gasteiger partial charge in [-0.1, -0.05) is 0 Å². The van der Waals surface area contributed by atoms with Crippen molar-refractivity contribution in [2.75, 3.05) is 11.9 Å². The van der Waals surface area contributed by atoms with Crippen LogP contribution in [0.1, 0.15) is 58.0 Å². The van der Waals surface area contributed by atoms with E-state index in [0.29, 0.717) is 21.4 Å². The minimum atomic E-state index is -1.09. The number of aryl methyl sites for hydroxylation is 1. The Hall–Kier alpha value is -3.18. The van der Waals surface area contributed by atoms with Crippen LogP contribution in [0.5, 0.6) is 0 Å². The number of aromatic nitrogens is 3. The molecular formula is C22H22N4O5S2. The molecular weight excluding hydrogens is 464 g/mol. The molecule has 9 nitrogen and oxygen atoms in total.